The van der Waals surface area contributed by atoms with Crippen LogP contribution in [0.2, 0.25) is 0 Å². The monoisotopic (exact) mass is 986 g/mol. The Morgan fingerprint density at radius 1 is 0.115 bits per heavy atom. The Hall–Kier alpha value is -10.1. The van der Waals surface area contributed by atoms with Gasteiger partial charge in [-0.1, -0.05) is 255 Å². The van der Waals surface area contributed by atoms with Crippen molar-refractivity contribution in [2.75, 3.05) is 0 Å². The van der Waals surface area contributed by atoms with Gasteiger partial charge in [-0.15, -0.1) is 0 Å². The third-order valence-corrected chi connectivity index (χ3v) is 16.2. The van der Waals surface area contributed by atoms with Crippen LogP contribution >= 0.6 is 0 Å². The summed E-state index contributed by atoms with van der Waals surface area (Å²) in [6, 6.07) is 112. The first-order chi connectivity index (χ1) is 38.7. The standard InChI is InChI=1S/C78H50/c1-5-21-51(22-6-1)59-43-60(52-23-7-2-8-24-52)46-63(45-59)77-69-33-17-13-29-65(69)75(66-30-14-18-34-70(66)77)57-41-39-55-37-38-56-40-42-58(50-74(56)73(55)49-57)76-67-31-15-19-35-71(67)78(72-36-20-16-32-68(72)76)64-47-61(53-25-9-3-10-26-53)44-62(48-64)54-27-11-4-12-28-54/h1-50H. The largest absolute Gasteiger partial charge is 0.0622 e. The van der Waals surface area contributed by atoms with E-state index in [1.54, 1.807) is 0 Å². The van der Waals surface area contributed by atoms with Crippen LogP contribution in [0.25, 0.3) is 154 Å². The number of rotatable bonds is 8. The molecule has 0 heterocycles. The fourth-order valence-electron chi connectivity index (χ4n) is 12.6. The summed E-state index contributed by atoms with van der Waals surface area (Å²) in [5, 5.41) is 14.8. The van der Waals surface area contributed by atoms with Crippen LogP contribution in [0.1, 0.15) is 0 Å². The van der Waals surface area contributed by atoms with Crippen molar-refractivity contribution < 1.29 is 0 Å². The molecule has 0 nitrogen and oxygen atoms in total. The van der Waals surface area contributed by atoms with Gasteiger partial charge in [0.15, 0.2) is 0 Å². The van der Waals surface area contributed by atoms with Gasteiger partial charge in [-0.2, -0.15) is 0 Å². The average molecular weight is 987 g/mol. The third-order valence-electron chi connectivity index (χ3n) is 16.2. The predicted molar refractivity (Wildman–Crippen MR) is 335 cm³/mol. The Bertz CT molecular complexity index is 4270. The molecule has 0 spiro atoms. The highest BCUT2D eigenvalue weighted by Gasteiger charge is 2.21. The molecule has 0 aliphatic heterocycles. The molecule has 15 aromatic rings. The minimum Gasteiger partial charge on any atom is -0.0622 e. The quantitative estimate of drug-likeness (QED) is 0.105. The van der Waals surface area contributed by atoms with Crippen molar-refractivity contribution in [1.29, 1.82) is 0 Å². The smallest absolute Gasteiger partial charge is 0.00259 e. The minimum atomic E-state index is 1.20. The van der Waals surface area contributed by atoms with Crippen LogP contribution in [0.3, 0.4) is 0 Å². The molecular weight excluding hydrogens is 937 g/mol. The number of hydrogen-bond acceptors (Lipinski definition) is 0. The van der Waals surface area contributed by atoms with Crippen molar-refractivity contribution in [2.24, 2.45) is 0 Å². The van der Waals surface area contributed by atoms with E-state index in [-0.39, 0.29) is 0 Å². The summed E-state index contributed by atoms with van der Waals surface area (Å²) in [7, 11) is 0. The van der Waals surface area contributed by atoms with E-state index in [4.69, 9.17) is 0 Å². The molecule has 0 saturated heterocycles. The predicted octanol–water partition coefficient (Wildman–Crippen LogP) is 21.9. The lowest BCUT2D eigenvalue weighted by molar-refractivity contribution is 1.58. The van der Waals surface area contributed by atoms with Gasteiger partial charge in [-0.3, -0.25) is 0 Å². The first kappa shape index (κ1) is 45.3. The first-order valence-electron chi connectivity index (χ1n) is 27.1. The van der Waals surface area contributed by atoms with E-state index in [0.29, 0.717) is 0 Å². The summed E-state index contributed by atoms with van der Waals surface area (Å²) >= 11 is 0. The molecule has 0 aromatic heterocycles. The second-order valence-electron chi connectivity index (χ2n) is 20.7. The van der Waals surface area contributed by atoms with E-state index in [0.717, 1.165) is 0 Å². The van der Waals surface area contributed by atoms with Crippen molar-refractivity contribution in [2.45, 2.75) is 0 Å². The average Bonchev–Trinajstić information content (AvgIpc) is 3.55. The molecule has 0 saturated carbocycles. The third kappa shape index (κ3) is 7.77. The zero-order chi connectivity index (χ0) is 51.5. The summed E-state index contributed by atoms with van der Waals surface area (Å²) in [4.78, 5) is 0. The Balaban J connectivity index is 0.926. The Labute approximate surface area is 454 Å². The maximum absolute atomic E-state index is 2.46. The lowest BCUT2D eigenvalue weighted by Gasteiger charge is -2.20. The molecule has 362 valence electrons. The second kappa shape index (κ2) is 18.9. The summed E-state index contributed by atoms with van der Waals surface area (Å²) < 4.78 is 0. The Kier molecular flexibility index (Phi) is 11.0. The van der Waals surface area contributed by atoms with Gasteiger partial charge in [0.25, 0.3) is 0 Å². The lowest BCUT2D eigenvalue weighted by atomic mass is 9.83. The van der Waals surface area contributed by atoms with E-state index in [9.17, 15) is 0 Å². The molecule has 0 radical (unpaired) electrons. The van der Waals surface area contributed by atoms with Crippen LogP contribution in [-0.4, -0.2) is 0 Å². The fourth-order valence-corrected chi connectivity index (χ4v) is 12.6. The summed E-state index contributed by atoms with van der Waals surface area (Å²) in [6.45, 7) is 0. The Morgan fingerprint density at radius 3 is 0.577 bits per heavy atom. The molecule has 15 rings (SSSR count). The van der Waals surface area contributed by atoms with Crippen LogP contribution < -0.4 is 0 Å². The molecule has 78 heavy (non-hydrogen) atoms. The van der Waals surface area contributed by atoms with E-state index in [1.165, 1.54) is 154 Å². The Morgan fingerprint density at radius 2 is 0.321 bits per heavy atom. The van der Waals surface area contributed by atoms with Gasteiger partial charge in [-0.05, 0) is 202 Å². The molecule has 0 bridgehead atoms. The molecule has 15 aromatic carbocycles. The zero-order valence-corrected chi connectivity index (χ0v) is 42.9. The van der Waals surface area contributed by atoms with Crippen LogP contribution in [-0.2, 0) is 0 Å². The van der Waals surface area contributed by atoms with Crippen LogP contribution in [0.15, 0.2) is 303 Å². The van der Waals surface area contributed by atoms with Gasteiger partial charge in [0.2, 0.25) is 0 Å². The van der Waals surface area contributed by atoms with Gasteiger partial charge in [0.1, 0.15) is 0 Å². The molecule has 0 unspecified atom stereocenters. The van der Waals surface area contributed by atoms with Crippen LogP contribution in [0, 0.1) is 0 Å². The van der Waals surface area contributed by atoms with Gasteiger partial charge < -0.3 is 0 Å². The van der Waals surface area contributed by atoms with Crippen LogP contribution in [0.4, 0.5) is 0 Å². The van der Waals surface area contributed by atoms with Crippen molar-refractivity contribution in [3.05, 3.63) is 303 Å². The minimum absolute atomic E-state index is 1.20. The fraction of sp³-hybridized carbons (Fsp3) is 0. The summed E-state index contributed by atoms with van der Waals surface area (Å²) in [5.74, 6) is 0. The maximum Gasteiger partial charge on any atom is -0.00259 e. The van der Waals surface area contributed by atoms with E-state index in [2.05, 4.69) is 303 Å². The molecule has 0 aliphatic rings. The van der Waals surface area contributed by atoms with Crippen molar-refractivity contribution in [3.8, 4) is 89.0 Å². The summed E-state index contributed by atoms with van der Waals surface area (Å²) in [6.07, 6.45) is 0. The number of benzene rings is 15. The summed E-state index contributed by atoms with van der Waals surface area (Å²) in [5.41, 5.74) is 19.4. The highest BCUT2D eigenvalue weighted by atomic mass is 14.2. The number of fused-ring (bicyclic) bond motifs is 7. The van der Waals surface area contributed by atoms with E-state index >= 15 is 0 Å². The van der Waals surface area contributed by atoms with E-state index < -0.39 is 0 Å². The van der Waals surface area contributed by atoms with Crippen molar-refractivity contribution >= 4 is 64.6 Å². The van der Waals surface area contributed by atoms with Gasteiger partial charge >= 0.3 is 0 Å². The van der Waals surface area contributed by atoms with Crippen molar-refractivity contribution in [1.82, 2.24) is 0 Å². The highest BCUT2D eigenvalue weighted by molar-refractivity contribution is 6.24. The SMILES string of the molecule is c1ccc(-c2cc(-c3ccccc3)cc(-c3c4ccccc4c(-c4ccc5ccc6ccc(-c7c8ccccc8c(-c8cc(-c9ccccc9)cc(-c9ccccc9)c8)c8ccccc78)cc6c5c4)c4ccccc34)c2)cc1. The van der Waals surface area contributed by atoms with E-state index in [1.807, 2.05) is 0 Å². The topological polar surface area (TPSA) is 0 Å². The number of hydrogen-bond donors (Lipinski definition) is 0. The second-order valence-corrected chi connectivity index (χ2v) is 20.7. The molecule has 0 fully saturated rings. The lowest BCUT2D eigenvalue weighted by Crippen LogP contribution is -1.93. The molecule has 0 N–H and O–H groups in total. The molecular formula is C78H50. The van der Waals surface area contributed by atoms with Crippen molar-refractivity contribution in [3.63, 3.8) is 0 Å². The molecule has 0 amide bonds. The van der Waals surface area contributed by atoms with Gasteiger partial charge in [0, 0.05) is 0 Å². The van der Waals surface area contributed by atoms with Gasteiger partial charge in [-0.25, -0.2) is 0 Å². The molecule has 0 atom stereocenters. The first-order valence-corrected chi connectivity index (χ1v) is 27.1. The maximum atomic E-state index is 2.46. The van der Waals surface area contributed by atoms with Gasteiger partial charge in [0.05, 0.1) is 0 Å². The molecule has 0 heteroatoms. The zero-order valence-electron chi connectivity index (χ0n) is 42.9. The highest BCUT2D eigenvalue weighted by Crippen LogP contribution is 2.49. The molecule has 0 aliphatic carbocycles. The normalized spacial score (nSPS) is 11.6. The van der Waals surface area contributed by atoms with Crippen LogP contribution in [0.5, 0.6) is 0 Å².